The summed E-state index contributed by atoms with van der Waals surface area (Å²) >= 11 is 1.30. The molecule has 1 aliphatic rings. The van der Waals surface area contributed by atoms with Gasteiger partial charge in [0.1, 0.15) is 0 Å². The van der Waals surface area contributed by atoms with Crippen LogP contribution >= 0.6 is 11.3 Å². The van der Waals surface area contributed by atoms with Gasteiger partial charge in [0.15, 0.2) is 16.3 Å². The Kier molecular flexibility index (Phi) is 6.71. The van der Waals surface area contributed by atoms with Crippen molar-refractivity contribution >= 4 is 23.4 Å². The average molecular weight is 496 g/mol. The minimum Gasteiger partial charge on any atom is -0.493 e. The SMILES string of the molecule is CCOC(=O)C1=C(C)N=c2s/c(=C/c3cc(C)n(C)c3C)c(=O)n2C1c1ccc(OC)c(OC)c1. The Morgan fingerprint density at radius 3 is 2.46 bits per heavy atom. The second-order valence-corrected chi connectivity index (χ2v) is 9.31. The molecule has 0 aliphatic carbocycles. The van der Waals surface area contributed by atoms with E-state index >= 15 is 0 Å². The van der Waals surface area contributed by atoms with Crippen molar-refractivity contribution in [1.82, 2.24) is 9.13 Å². The van der Waals surface area contributed by atoms with E-state index in [9.17, 15) is 9.59 Å². The van der Waals surface area contributed by atoms with E-state index in [0.29, 0.717) is 37.7 Å². The molecule has 1 aliphatic heterocycles. The molecule has 0 spiro atoms. The van der Waals surface area contributed by atoms with Gasteiger partial charge in [-0.1, -0.05) is 17.4 Å². The van der Waals surface area contributed by atoms with E-state index in [1.165, 1.54) is 11.3 Å². The number of allylic oxidation sites excluding steroid dienone is 1. The highest BCUT2D eigenvalue weighted by Gasteiger charge is 2.34. The lowest BCUT2D eigenvalue weighted by molar-refractivity contribution is -0.139. The summed E-state index contributed by atoms with van der Waals surface area (Å²) in [6.07, 6.45) is 1.89. The van der Waals surface area contributed by atoms with Crippen molar-refractivity contribution in [2.45, 2.75) is 33.7 Å². The van der Waals surface area contributed by atoms with Gasteiger partial charge < -0.3 is 18.8 Å². The van der Waals surface area contributed by atoms with Gasteiger partial charge in [0.05, 0.1) is 42.7 Å². The Hall–Kier alpha value is -3.59. The zero-order valence-corrected chi connectivity index (χ0v) is 21.8. The van der Waals surface area contributed by atoms with Crippen LogP contribution in [0.1, 0.15) is 42.4 Å². The normalized spacial score (nSPS) is 15.6. The van der Waals surface area contributed by atoms with Crippen LogP contribution in [0.4, 0.5) is 0 Å². The van der Waals surface area contributed by atoms with Crippen LogP contribution in [-0.4, -0.2) is 35.9 Å². The van der Waals surface area contributed by atoms with Crippen LogP contribution in [0.2, 0.25) is 0 Å². The summed E-state index contributed by atoms with van der Waals surface area (Å²) in [6, 6.07) is 6.70. The first-order chi connectivity index (χ1) is 16.7. The van der Waals surface area contributed by atoms with Gasteiger partial charge >= 0.3 is 5.97 Å². The fourth-order valence-corrected chi connectivity index (χ4v) is 5.34. The topological polar surface area (TPSA) is 84.1 Å². The van der Waals surface area contributed by atoms with Crippen molar-refractivity contribution < 1.29 is 19.0 Å². The largest absolute Gasteiger partial charge is 0.493 e. The molecule has 3 heterocycles. The molecule has 9 heteroatoms. The van der Waals surface area contributed by atoms with E-state index in [2.05, 4.69) is 15.6 Å². The Labute approximate surface area is 207 Å². The Balaban J connectivity index is 1.99. The second kappa shape index (κ2) is 9.58. The number of carbonyl (C=O) groups is 1. The van der Waals surface area contributed by atoms with Crippen molar-refractivity contribution in [2.75, 3.05) is 20.8 Å². The molecule has 3 aromatic rings. The monoisotopic (exact) mass is 495 g/mol. The molecule has 8 nitrogen and oxygen atoms in total. The van der Waals surface area contributed by atoms with Gasteiger partial charge in [-0.2, -0.15) is 0 Å². The Morgan fingerprint density at radius 1 is 1.14 bits per heavy atom. The van der Waals surface area contributed by atoms with Gasteiger partial charge in [0.25, 0.3) is 5.56 Å². The first-order valence-electron chi connectivity index (χ1n) is 11.3. The number of hydrogen-bond acceptors (Lipinski definition) is 7. The quantitative estimate of drug-likeness (QED) is 0.491. The minimum atomic E-state index is -0.717. The van der Waals surface area contributed by atoms with Crippen LogP contribution in [0, 0.1) is 13.8 Å². The van der Waals surface area contributed by atoms with Crippen LogP contribution in [0.15, 0.2) is 45.3 Å². The molecule has 4 rings (SSSR count). The van der Waals surface area contributed by atoms with Crippen molar-refractivity contribution in [3.8, 4) is 11.5 Å². The van der Waals surface area contributed by atoms with Crippen molar-refractivity contribution in [2.24, 2.45) is 12.0 Å². The van der Waals surface area contributed by atoms with Crippen molar-refractivity contribution in [3.63, 3.8) is 0 Å². The number of methoxy groups -OCH3 is 2. The Morgan fingerprint density at radius 2 is 1.86 bits per heavy atom. The smallest absolute Gasteiger partial charge is 0.338 e. The summed E-state index contributed by atoms with van der Waals surface area (Å²) < 4.78 is 20.4. The number of aromatic nitrogens is 2. The van der Waals surface area contributed by atoms with Crippen LogP contribution in [0.5, 0.6) is 11.5 Å². The molecule has 0 saturated heterocycles. The highest BCUT2D eigenvalue weighted by Crippen LogP contribution is 2.36. The molecule has 2 aromatic heterocycles. The molecule has 0 radical (unpaired) electrons. The molecule has 0 N–H and O–H groups in total. The van der Waals surface area contributed by atoms with Gasteiger partial charge in [0, 0.05) is 18.4 Å². The molecule has 0 fully saturated rings. The first-order valence-corrected chi connectivity index (χ1v) is 12.1. The third-order valence-electron chi connectivity index (χ3n) is 6.34. The molecule has 0 amide bonds. The maximum Gasteiger partial charge on any atom is 0.338 e. The summed E-state index contributed by atoms with van der Waals surface area (Å²) in [4.78, 5) is 32.0. The third-order valence-corrected chi connectivity index (χ3v) is 7.32. The van der Waals surface area contributed by atoms with Crippen LogP contribution in [0.25, 0.3) is 6.08 Å². The molecule has 35 heavy (non-hydrogen) atoms. The molecule has 0 saturated carbocycles. The lowest BCUT2D eigenvalue weighted by atomic mass is 9.95. The molecule has 1 aromatic carbocycles. The lowest BCUT2D eigenvalue weighted by Crippen LogP contribution is -2.40. The lowest BCUT2D eigenvalue weighted by Gasteiger charge is -2.25. The number of esters is 1. The Bertz CT molecular complexity index is 1520. The number of thiazole rings is 1. The maximum absolute atomic E-state index is 13.8. The number of rotatable bonds is 6. The van der Waals surface area contributed by atoms with E-state index in [0.717, 1.165) is 17.0 Å². The predicted molar refractivity (Wildman–Crippen MR) is 135 cm³/mol. The number of aryl methyl sites for hydroxylation is 1. The molecule has 1 atom stereocenters. The van der Waals surface area contributed by atoms with Crippen LogP contribution in [-0.2, 0) is 16.6 Å². The van der Waals surface area contributed by atoms with E-state index in [1.807, 2.05) is 33.0 Å². The molecular weight excluding hydrogens is 466 g/mol. The predicted octanol–water partition coefficient (Wildman–Crippen LogP) is 2.77. The second-order valence-electron chi connectivity index (χ2n) is 8.30. The molecule has 1 unspecified atom stereocenters. The summed E-state index contributed by atoms with van der Waals surface area (Å²) in [7, 11) is 5.10. The van der Waals surface area contributed by atoms with Gasteiger partial charge in [0.2, 0.25) is 0 Å². The zero-order chi connectivity index (χ0) is 25.4. The van der Waals surface area contributed by atoms with Gasteiger partial charge in [-0.15, -0.1) is 0 Å². The minimum absolute atomic E-state index is 0.214. The van der Waals surface area contributed by atoms with E-state index in [4.69, 9.17) is 14.2 Å². The maximum atomic E-state index is 13.8. The summed E-state index contributed by atoms with van der Waals surface area (Å²) in [5.41, 5.74) is 4.45. The fraction of sp³-hybridized carbons (Fsp3) is 0.346. The fourth-order valence-electron chi connectivity index (χ4n) is 4.30. The number of benzene rings is 1. The average Bonchev–Trinajstić information content (AvgIpc) is 3.27. The standard InChI is InChI=1S/C26H29N3O5S/c1-8-34-25(31)22-15(3)27-26-29(23(22)17-9-10-19(32-6)20(12-17)33-7)24(30)21(35-26)13-18-11-14(2)28(5)16(18)4/h9-13,23H,8H2,1-7H3/b21-13+. The number of carbonyl (C=O) groups excluding carboxylic acids is 1. The molecule has 0 bridgehead atoms. The third kappa shape index (κ3) is 4.20. The van der Waals surface area contributed by atoms with Gasteiger partial charge in [-0.25, -0.2) is 9.79 Å². The van der Waals surface area contributed by atoms with Gasteiger partial charge in [-0.05, 0) is 63.1 Å². The highest BCUT2D eigenvalue weighted by molar-refractivity contribution is 7.07. The first kappa shape index (κ1) is 24.5. The van der Waals surface area contributed by atoms with E-state index in [-0.39, 0.29) is 12.2 Å². The number of nitrogens with zero attached hydrogens (tertiary/aromatic N) is 3. The summed E-state index contributed by atoms with van der Waals surface area (Å²) in [6.45, 7) is 7.77. The zero-order valence-electron chi connectivity index (χ0n) is 21.0. The van der Waals surface area contributed by atoms with Crippen LogP contribution < -0.4 is 24.4 Å². The summed E-state index contributed by atoms with van der Waals surface area (Å²) in [5, 5.41) is 0. The van der Waals surface area contributed by atoms with E-state index < -0.39 is 12.0 Å². The van der Waals surface area contributed by atoms with Gasteiger partial charge in [-0.3, -0.25) is 9.36 Å². The number of fused-ring (bicyclic) bond motifs is 1. The molecule has 184 valence electrons. The van der Waals surface area contributed by atoms with E-state index in [1.54, 1.807) is 44.8 Å². The van der Waals surface area contributed by atoms with Crippen molar-refractivity contribution in [1.29, 1.82) is 0 Å². The highest BCUT2D eigenvalue weighted by atomic mass is 32.1. The van der Waals surface area contributed by atoms with Crippen LogP contribution in [0.3, 0.4) is 0 Å². The van der Waals surface area contributed by atoms with Crippen molar-refractivity contribution in [3.05, 3.63) is 77.7 Å². The molecular formula is C26H29N3O5S. The number of ether oxygens (including phenoxy) is 3. The number of hydrogen-bond donors (Lipinski definition) is 0. The summed E-state index contributed by atoms with van der Waals surface area (Å²) in [5.74, 6) is 0.551.